The van der Waals surface area contributed by atoms with Crippen molar-refractivity contribution in [2.75, 3.05) is 6.54 Å². The largest absolute Gasteiger partial charge is 0.339 e. The quantitative estimate of drug-likeness (QED) is 0.771. The zero-order chi connectivity index (χ0) is 13.0. The summed E-state index contributed by atoms with van der Waals surface area (Å²) in [5, 5.41) is 7.66. The van der Waals surface area contributed by atoms with Crippen LogP contribution in [0.1, 0.15) is 51.7 Å². The van der Waals surface area contributed by atoms with Crippen LogP contribution in [0.15, 0.2) is 4.52 Å². The van der Waals surface area contributed by atoms with Gasteiger partial charge in [0.05, 0.1) is 0 Å². The molecule has 1 aromatic rings. The van der Waals surface area contributed by atoms with Gasteiger partial charge in [0.1, 0.15) is 0 Å². The average molecular weight is 251 g/mol. The first kappa shape index (κ1) is 13.5. The molecule has 1 saturated carbocycles. The third-order valence-electron chi connectivity index (χ3n) is 3.34. The summed E-state index contributed by atoms with van der Waals surface area (Å²) < 4.78 is 5.35. The van der Waals surface area contributed by atoms with Crippen molar-refractivity contribution in [2.24, 2.45) is 11.8 Å². The van der Waals surface area contributed by atoms with E-state index in [2.05, 4.69) is 36.2 Å². The fraction of sp³-hybridized carbons (Fsp3) is 0.857. The number of hydrogen-bond donors (Lipinski definition) is 1. The molecule has 0 aliphatic heterocycles. The minimum atomic E-state index is 0.525. The Balaban J connectivity index is 1.87. The number of nitrogens with zero attached hydrogens (tertiary/aromatic N) is 2. The van der Waals surface area contributed by atoms with Crippen LogP contribution < -0.4 is 5.32 Å². The molecule has 4 nitrogen and oxygen atoms in total. The maximum Gasteiger partial charge on any atom is 0.228 e. The zero-order valence-electron chi connectivity index (χ0n) is 11.8. The van der Waals surface area contributed by atoms with E-state index in [0.717, 1.165) is 37.0 Å². The molecule has 0 spiro atoms. The zero-order valence-corrected chi connectivity index (χ0v) is 11.8. The molecule has 1 fully saturated rings. The van der Waals surface area contributed by atoms with Gasteiger partial charge in [-0.25, -0.2) is 0 Å². The van der Waals surface area contributed by atoms with Gasteiger partial charge >= 0.3 is 0 Å². The standard InChI is InChI=1S/C14H25N3O/c1-4-7-15-12(11-5-6-11)9-14-16-13(17-18-14)8-10(2)3/h10-12,15H,4-9H2,1-3H3. The highest BCUT2D eigenvalue weighted by molar-refractivity contribution is 4.95. The van der Waals surface area contributed by atoms with Gasteiger partial charge < -0.3 is 9.84 Å². The van der Waals surface area contributed by atoms with E-state index in [1.165, 1.54) is 19.3 Å². The molecular formula is C14H25N3O. The van der Waals surface area contributed by atoms with E-state index in [1.54, 1.807) is 0 Å². The summed E-state index contributed by atoms with van der Waals surface area (Å²) in [6, 6.07) is 0.525. The van der Waals surface area contributed by atoms with Crippen molar-refractivity contribution in [1.29, 1.82) is 0 Å². The normalized spacial score (nSPS) is 17.3. The monoisotopic (exact) mass is 251 g/mol. The van der Waals surface area contributed by atoms with E-state index in [1.807, 2.05) is 0 Å². The molecule has 18 heavy (non-hydrogen) atoms. The predicted octanol–water partition coefficient (Wildman–Crippen LogP) is 2.59. The highest BCUT2D eigenvalue weighted by atomic mass is 16.5. The summed E-state index contributed by atoms with van der Waals surface area (Å²) in [7, 11) is 0. The number of hydrogen-bond acceptors (Lipinski definition) is 4. The molecule has 0 amide bonds. The van der Waals surface area contributed by atoms with E-state index in [-0.39, 0.29) is 0 Å². The minimum absolute atomic E-state index is 0.525. The highest BCUT2D eigenvalue weighted by Gasteiger charge is 2.32. The molecule has 1 unspecified atom stereocenters. The fourth-order valence-electron chi connectivity index (χ4n) is 2.24. The Hall–Kier alpha value is -0.900. The van der Waals surface area contributed by atoms with Crippen LogP contribution in [0.3, 0.4) is 0 Å². The average Bonchev–Trinajstić information content (AvgIpc) is 3.07. The summed E-state index contributed by atoms with van der Waals surface area (Å²) >= 11 is 0. The van der Waals surface area contributed by atoms with Gasteiger partial charge in [-0.2, -0.15) is 4.98 Å². The highest BCUT2D eigenvalue weighted by Crippen LogP contribution is 2.33. The SMILES string of the molecule is CCCNC(Cc1nc(CC(C)C)no1)C1CC1. The summed E-state index contributed by atoms with van der Waals surface area (Å²) in [4.78, 5) is 4.49. The third-order valence-corrected chi connectivity index (χ3v) is 3.34. The molecule has 1 aromatic heterocycles. The molecule has 0 bridgehead atoms. The van der Waals surface area contributed by atoms with Crippen molar-refractivity contribution in [3.05, 3.63) is 11.7 Å². The van der Waals surface area contributed by atoms with E-state index >= 15 is 0 Å². The number of nitrogens with one attached hydrogen (secondary N) is 1. The Kier molecular flexibility index (Phi) is 4.75. The maximum absolute atomic E-state index is 5.35. The van der Waals surface area contributed by atoms with Crippen LogP contribution in [-0.4, -0.2) is 22.7 Å². The smallest absolute Gasteiger partial charge is 0.228 e. The maximum atomic E-state index is 5.35. The number of aromatic nitrogens is 2. The second kappa shape index (κ2) is 6.32. The Labute approximate surface area is 110 Å². The van der Waals surface area contributed by atoms with Crippen LogP contribution in [0.2, 0.25) is 0 Å². The van der Waals surface area contributed by atoms with Crippen LogP contribution in [0.4, 0.5) is 0 Å². The topological polar surface area (TPSA) is 51.0 Å². The summed E-state index contributed by atoms with van der Waals surface area (Å²) in [6.07, 6.45) is 5.64. The molecular weight excluding hydrogens is 226 g/mol. The molecule has 102 valence electrons. The summed E-state index contributed by atoms with van der Waals surface area (Å²) in [5.74, 6) is 3.04. The molecule has 4 heteroatoms. The van der Waals surface area contributed by atoms with Crippen molar-refractivity contribution in [2.45, 2.75) is 58.9 Å². The first-order valence-electron chi connectivity index (χ1n) is 7.23. The summed E-state index contributed by atoms with van der Waals surface area (Å²) in [5.41, 5.74) is 0. The summed E-state index contributed by atoms with van der Waals surface area (Å²) in [6.45, 7) is 7.62. The van der Waals surface area contributed by atoms with E-state index < -0.39 is 0 Å². The molecule has 1 heterocycles. The molecule has 0 aromatic carbocycles. The number of rotatable bonds is 8. The van der Waals surface area contributed by atoms with Gasteiger partial charge in [0.15, 0.2) is 5.82 Å². The fourth-order valence-corrected chi connectivity index (χ4v) is 2.24. The van der Waals surface area contributed by atoms with Crippen LogP contribution in [0.5, 0.6) is 0 Å². The second-order valence-electron chi connectivity index (χ2n) is 5.80. The van der Waals surface area contributed by atoms with Crippen LogP contribution in [0.25, 0.3) is 0 Å². The first-order valence-corrected chi connectivity index (χ1v) is 7.23. The van der Waals surface area contributed by atoms with Gasteiger partial charge in [0, 0.05) is 18.9 Å². The van der Waals surface area contributed by atoms with Gasteiger partial charge in [0.25, 0.3) is 0 Å². The Morgan fingerprint density at radius 3 is 2.72 bits per heavy atom. The Bertz CT molecular complexity index is 358. The molecule has 1 aliphatic rings. The minimum Gasteiger partial charge on any atom is -0.339 e. The molecule has 1 N–H and O–H groups in total. The first-order chi connectivity index (χ1) is 8.69. The van der Waals surface area contributed by atoms with Gasteiger partial charge in [-0.3, -0.25) is 0 Å². The molecule has 1 aliphatic carbocycles. The van der Waals surface area contributed by atoms with E-state index in [4.69, 9.17) is 4.52 Å². The Morgan fingerprint density at radius 1 is 1.33 bits per heavy atom. The van der Waals surface area contributed by atoms with Gasteiger partial charge in [0.2, 0.25) is 5.89 Å². The molecule has 2 rings (SSSR count). The van der Waals surface area contributed by atoms with Gasteiger partial charge in [-0.15, -0.1) is 0 Å². The lowest BCUT2D eigenvalue weighted by Crippen LogP contribution is -2.33. The molecule has 1 atom stereocenters. The van der Waals surface area contributed by atoms with Crippen LogP contribution >= 0.6 is 0 Å². The van der Waals surface area contributed by atoms with Crippen LogP contribution in [-0.2, 0) is 12.8 Å². The van der Waals surface area contributed by atoms with Crippen molar-refractivity contribution in [3.8, 4) is 0 Å². The predicted molar refractivity (Wildman–Crippen MR) is 71.3 cm³/mol. The molecule has 0 radical (unpaired) electrons. The van der Waals surface area contributed by atoms with Crippen molar-refractivity contribution in [1.82, 2.24) is 15.5 Å². The lowest BCUT2D eigenvalue weighted by molar-refractivity contribution is 0.342. The van der Waals surface area contributed by atoms with Crippen molar-refractivity contribution in [3.63, 3.8) is 0 Å². The molecule has 0 saturated heterocycles. The van der Waals surface area contributed by atoms with Crippen molar-refractivity contribution < 1.29 is 4.52 Å². The second-order valence-corrected chi connectivity index (χ2v) is 5.80. The van der Waals surface area contributed by atoms with Gasteiger partial charge in [-0.05, 0) is 37.6 Å². The lowest BCUT2D eigenvalue weighted by Gasteiger charge is -2.15. The van der Waals surface area contributed by atoms with E-state index in [9.17, 15) is 0 Å². The van der Waals surface area contributed by atoms with Crippen LogP contribution in [0, 0.1) is 11.8 Å². The van der Waals surface area contributed by atoms with Gasteiger partial charge in [-0.1, -0.05) is 25.9 Å². The van der Waals surface area contributed by atoms with Crippen molar-refractivity contribution >= 4 is 0 Å². The van der Waals surface area contributed by atoms with E-state index in [0.29, 0.717) is 12.0 Å². The Morgan fingerprint density at radius 2 is 2.11 bits per heavy atom. The third kappa shape index (κ3) is 4.09. The lowest BCUT2D eigenvalue weighted by atomic mass is 10.1.